The van der Waals surface area contributed by atoms with Crippen molar-refractivity contribution in [2.24, 2.45) is 0 Å². The maximum atomic E-state index is 6.84. The molecule has 0 amide bonds. The Bertz CT molecular complexity index is 481. The van der Waals surface area contributed by atoms with E-state index in [0.717, 1.165) is 9.35 Å². The van der Waals surface area contributed by atoms with E-state index in [-0.39, 0.29) is 0 Å². The van der Waals surface area contributed by atoms with Crippen molar-refractivity contribution >= 4 is 37.4 Å². The van der Waals surface area contributed by atoms with Crippen LogP contribution in [-0.2, 0) is 6.54 Å². The van der Waals surface area contributed by atoms with Crippen molar-refractivity contribution < 1.29 is 0 Å². The van der Waals surface area contributed by atoms with Gasteiger partial charge in [0.25, 0.3) is 0 Å². The van der Waals surface area contributed by atoms with E-state index >= 15 is 0 Å². The summed E-state index contributed by atoms with van der Waals surface area (Å²) in [6.07, 6.45) is 0. The van der Waals surface area contributed by atoms with E-state index < -0.39 is 0 Å². The maximum absolute atomic E-state index is 6.84. The van der Waals surface area contributed by atoms with Crippen molar-refractivity contribution in [1.82, 2.24) is 0 Å². The molecule has 0 saturated carbocycles. The van der Waals surface area contributed by atoms with E-state index in [1.165, 1.54) is 10.1 Å². The SMILES string of the molecule is [C-]#[N+]Cc1cccc2sc(Br)cc12. The van der Waals surface area contributed by atoms with E-state index in [4.69, 9.17) is 6.57 Å². The highest BCUT2D eigenvalue weighted by Crippen LogP contribution is 2.31. The van der Waals surface area contributed by atoms with Crippen molar-refractivity contribution in [2.75, 3.05) is 0 Å². The summed E-state index contributed by atoms with van der Waals surface area (Å²) in [6.45, 7) is 7.31. The normalized spacial score (nSPS) is 10.2. The largest absolute Gasteiger partial charge is 0.312 e. The van der Waals surface area contributed by atoms with Gasteiger partial charge >= 0.3 is 0 Å². The molecule has 0 aliphatic rings. The standard InChI is InChI=1S/C10H6BrNS/c1-12-6-7-3-2-4-9-8(7)5-10(11)13-9/h2-5H,6H2. The molecular formula is C10H6BrNS. The molecule has 0 aliphatic carbocycles. The van der Waals surface area contributed by atoms with Gasteiger partial charge in [-0.1, -0.05) is 12.1 Å². The van der Waals surface area contributed by atoms with Gasteiger partial charge in [0.2, 0.25) is 6.54 Å². The fraction of sp³-hybridized carbons (Fsp3) is 0.100. The molecule has 0 unspecified atom stereocenters. The van der Waals surface area contributed by atoms with Crippen molar-refractivity contribution in [3.05, 3.63) is 45.0 Å². The van der Waals surface area contributed by atoms with E-state index in [1.807, 2.05) is 12.1 Å². The van der Waals surface area contributed by atoms with Crippen LogP contribution in [0.1, 0.15) is 5.56 Å². The Morgan fingerprint density at radius 1 is 1.46 bits per heavy atom. The van der Waals surface area contributed by atoms with E-state index in [2.05, 4.69) is 32.9 Å². The minimum absolute atomic E-state index is 0.473. The lowest BCUT2D eigenvalue weighted by atomic mass is 10.1. The predicted molar refractivity (Wildman–Crippen MR) is 59.8 cm³/mol. The lowest BCUT2D eigenvalue weighted by molar-refractivity contribution is 1.30. The number of benzene rings is 1. The van der Waals surface area contributed by atoms with Crippen LogP contribution < -0.4 is 0 Å². The molecule has 1 nitrogen and oxygen atoms in total. The Morgan fingerprint density at radius 3 is 3.08 bits per heavy atom. The van der Waals surface area contributed by atoms with Crippen LogP contribution >= 0.6 is 27.3 Å². The minimum Gasteiger partial charge on any atom is -0.312 e. The third-order valence-electron chi connectivity index (χ3n) is 1.87. The van der Waals surface area contributed by atoms with Gasteiger partial charge in [0, 0.05) is 15.6 Å². The molecule has 13 heavy (non-hydrogen) atoms. The second-order valence-corrected chi connectivity index (χ2v) is 5.16. The summed E-state index contributed by atoms with van der Waals surface area (Å²) in [7, 11) is 0. The summed E-state index contributed by atoms with van der Waals surface area (Å²) in [4.78, 5) is 3.40. The smallest absolute Gasteiger partial charge is 0.240 e. The summed E-state index contributed by atoms with van der Waals surface area (Å²) in [5.41, 5.74) is 1.12. The molecule has 0 bridgehead atoms. The highest BCUT2D eigenvalue weighted by atomic mass is 79.9. The lowest BCUT2D eigenvalue weighted by Crippen LogP contribution is -1.78. The van der Waals surface area contributed by atoms with E-state index in [9.17, 15) is 0 Å². The van der Waals surface area contributed by atoms with Gasteiger partial charge in [-0.25, -0.2) is 6.57 Å². The second kappa shape index (κ2) is 3.49. The Balaban J connectivity index is 2.69. The summed E-state index contributed by atoms with van der Waals surface area (Å²) in [5.74, 6) is 0. The average Bonchev–Trinajstić information content (AvgIpc) is 2.47. The van der Waals surface area contributed by atoms with Gasteiger partial charge in [-0.05, 0) is 28.1 Å². The molecule has 0 saturated heterocycles. The summed E-state index contributed by atoms with van der Waals surface area (Å²) >= 11 is 5.16. The number of halogens is 1. The molecule has 0 fully saturated rings. The fourth-order valence-electron chi connectivity index (χ4n) is 1.31. The first-order valence-electron chi connectivity index (χ1n) is 3.81. The maximum Gasteiger partial charge on any atom is 0.240 e. The molecule has 64 valence electrons. The van der Waals surface area contributed by atoms with Gasteiger partial charge in [-0.2, -0.15) is 0 Å². The third-order valence-corrected chi connectivity index (χ3v) is 3.47. The summed E-state index contributed by atoms with van der Waals surface area (Å²) in [5, 5.41) is 1.20. The monoisotopic (exact) mass is 251 g/mol. The van der Waals surface area contributed by atoms with Gasteiger partial charge in [0.05, 0.1) is 3.79 Å². The Labute approximate surface area is 89.0 Å². The van der Waals surface area contributed by atoms with Crippen LogP contribution in [0.2, 0.25) is 0 Å². The van der Waals surface area contributed by atoms with Crippen LogP contribution in [-0.4, -0.2) is 0 Å². The van der Waals surface area contributed by atoms with Gasteiger partial charge in [0.1, 0.15) is 0 Å². The van der Waals surface area contributed by atoms with Crippen molar-refractivity contribution in [3.63, 3.8) is 0 Å². The summed E-state index contributed by atoms with van der Waals surface area (Å²) < 4.78 is 2.37. The van der Waals surface area contributed by atoms with Gasteiger partial charge in [0.15, 0.2) is 0 Å². The van der Waals surface area contributed by atoms with Crippen molar-refractivity contribution in [1.29, 1.82) is 0 Å². The first-order chi connectivity index (χ1) is 6.31. The molecule has 0 N–H and O–H groups in total. The van der Waals surface area contributed by atoms with E-state index in [0.29, 0.717) is 6.54 Å². The number of rotatable bonds is 1. The zero-order valence-electron chi connectivity index (χ0n) is 6.75. The van der Waals surface area contributed by atoms with Gasteiger partial charge in [-0.3, -0.25) is 0 Å². The molecular weight excluding hydrogens is 246 g/mol. The number of thiophene rings is 1. The third kappa shape index (κ3) is 1.60. The van der Waals surface area contributed by atoms with Crippen molar-refractivity contribution in [3.8, 4) is 0 Å². The second-order valence-electron chi connectivity index (χ2n) is 2.70. The lowest BCUT2D eigenvalue weighted by Gasteiger charge is -1.93. The Hall–Kier alpha value is -0.850. The molecule has 3 heteroatoms. The molecule has 0 aliphatic heterocycles. The summed E-state index contributed by atoms with van der Waals surface area (Å²) in [6, 6.07) is 8.18. The van der Waals surface area contributed by atoms with Gasteiger partial charge < -0.3 is 4.85 Å². The molecule has 2 rings (SSSR count). The highest BCUT2D eigenvalue weighted by molar-refractivity contribution is 9.11. The minimum atomic E-state index is 0.473. The first-order valence-corrected chi connectivity index (χ1v) is 5.42. The number of fused-ring (bicyclic) bond motifs is 1. The Kier molecular flexibility index (Phi) is 2.34. The molecule has 1 aromatic heterocycles. The highest BCUT2D eigenvalue weighted by Gasteiger charge is 2.05. The van der Waals surface area contributed by atoms with Crippen LogP contribution in [0.5, 0.6) is 0 Å². The molecule has 0 radical (unpaired) electrons. The number of hydrogen-bond acceptors (Lipinski definition) is 1. The average molecular weight is 252 g/mol. The van der Waals surface area contributed by atoms with Crippen LogP contribution in [0.15, 0.2) is 28.1 Å². The molecule has 1 aromatic carbocycles. The van der Waals surface area contributed by atoms with Crippen LogP contribution in [0.25, 0.3) is 14.9 Å². The number of hydrogen-bond donors (Lipinski definition) is 0. The van der Waals surface area contributed by atoms with E-state index in [1.54, 1.807) is 11.3 Å². The number of nitrogens with zero attached hydrogens (tertiary/aromatic N) is 1. The van der Waals surface area contributed by atoms with Gasteiger partial charge in [-0.15, -0.1) is 11.3 Å². The first kappa shape index (κ1) is 8.74. The Morgan fingerprint density at radius 2 is 2.31 bits per heavy atom. The molecule has 0 atom stereocenters. The van der Waals surface area contributed by atoms with Crippen molar-refractivity contribution in [2.45, 2.75) is 6.54 Å². The fourth-order valence-corrected chi connectivity index (χ4v) is 2.90. The molecule has 1 heterocycles. The molecule has 0 spiro atoms. The quantitative estimate of drug-likeness (QED) is 0.673. The predicted octanol–water partition coefficient (Wildman–Crippen LogP) is 4.08. The molecule has 2 aromatic rings. The topological polar surface area (TPSA) is 4.36 Å². The zero-order chi connectivity index (χ0) is 9.26. The van der Waals surface area contributed by atoms with Crippen LogP contribution in [0.4, 0.5) is 0 Å². The zero-order valence-corrected chi connectivity index (χ0v) is 9.15. The van der Waals surface area contributed by atoms with Crippen LogP contribution in [0, 0.1) is 6.57 Å². The van der Waals surface area contributed by atoms with Crippen LogP contribution in [0.3, 0.4) is 0 Å².